The fourth-order valence-electron chi connectivity index (χ4n) is 5.18. The molecule has 4 rings (SSSR count). The molecule has 1 unspecified atom stereocenters. The number of hydrogen-bond acceptors (Lipinski definition) is 5. The van der Waals surface area contributed by atoms with E-state index in [9.17, 15) is 18.7 Å². The van der Waals surface area contributed by atoms with Gasteiger partial charge in [0.25, 0.3) is 0 Å². The van der Waals surface area contributed by atoms with Crippen molar-refractivity contribution >= 4 is 5.91 Å². The standard InChI is InChI=1S/C30H35F2N3O3/c1-19-12-20(2)14-22(13-19)17-38-30(4,18-36)25-16-33-21(3)34-29(25)23-8-10-35(11-9-23)28(37)15-24-26(31)6-5-7-27(24)32/h5-7,12-14,16,23,36H,8-11,15,17-18H2,1-4H3. The van der Waals surface area contributed by atoms with Crippen LogP contribution in [0.1, 0.15) is 65.0 Å². The van der Waals surface area contributed by atoms with Crippen molar-refractivity contribution in [2.24, 2.45) is 0 Å². The van der Waals surface area contributed by atoms with Gasteiger partial charge in [0.15, 0.2) is 0 Å². The van der Waals surface area contributed by atoms with Crippen LogP contribution in [0.3, 0.4) is 0 Å². The molecule has 6 nitrogen and oxygen atoms in total. The SMILES string of the molecule is Cc1cc(C)cc(COC(C)(CO)c2cnc(C)nc2C2CCN(C(=O)Cc3c(F)cccc3F)CC2)c1. The third-order valence-corrected chi connectivity index (χ3v) is 7.27. The number of piperidine rings is 1. The predicted molar refractivity (Wildman–Crippen MR) is 141 cm³/mol. The Morgan fingerprint density at radius 3 is 2.34 bits per heavy atom. The first-order chi connectivity index (χ1) is 18.1. The Labute approximate surface area is 222 Å². The topological polar surface area (TPSA) is 75.6 Å². The van der Waals surface area contributed by atoms with E-state index < -0.39 is 17.2 Å². The van der Waals surface area contributed by atoms with E-state index in [1.54, 1.807) is 11.1 Å². The molecule has 1 aliphatic rings. The Balaban J connectivity index is 1.49. The van der Waals surface area contributed by atoms with Gasteiger partial charge >= 0.3 is 0 Å². The van der Waals surface area contributed by atoms with Crippen molar-refractivity contribution in [3.05, 3.63) is 93.6 Å². The van der Waals surface area contributed by atoms with Crippen molar-refractivity contribution in [1.29, 1.82) is 0 Å². The molecule has 1 N–H and O–H groups in total. The lowest BCUT2D eigenvalue weighted by Gasteiger charge is -2.35. The summed E-state index contributed by atoms with van der Waals surface area (Å²) in [6, 6.07) is 9.85. The van der Waals surface area contributed by atoms with Gasteiger partial charge in [-0.05, 0) is 58.2 Å². The van der Waals surface area contributed by atoms with Gasteiger partial charge in [-0.2, -0.15) is 0 Å². The molecule has 2 aromatic carbocycles. The fourth-order valence-corrected chi connectivity index (χ4v) is 5.18. The zero-order valence-electron chi connectivity index (χ0n) is 22.4. The Morgan fingerprint density at radius 1 is 1.11 bits per heavy atom. The van der Waals surface area contributed by atoms with Gasteiger partial charge in [0.1, 0.15) is 23.1 Å². The molecule has 0 saturated carbocycles. The van der Waals surface area contributed by atoms with Crippen molar-refractivity contribution < 1.29 is 23.4 Å². The minimum absolute atomic E-state index is 0.0247. The third kappa shape index (κ3) is 6.25. The van der Waals surface area contributed by atoms with Gasteiger partial charge in [-0.1, -0.05) is 35.4 Å². The van der Waals surface area contributed by atoms with Crippen molar-refractivity contribution in [3.63, 3.8) is 0 Å². The first-order valence-corrected chi connectivity index (χ1v) is 13.0. The van der Waals surface area contributed by atoms with Crippen LogP contribution in [0.4, 0.5) is 8.78 Å². The molecular weight excluding hydrogens is 488 g/mol. The number of halogens is 2. The lowest BCUT2D eigenvalue weighted by Crippen LogP contribution is -2.40. The predicted octanol–water partition coefficient (Wildman–Crippen LogP) is 5.05. The molecule has 202 valence electrons. The van der Waals surface area contributed by atoms with Gasteiger partial charge in [-0.3, -0.25) is 4.79 Å². The molecule has 1 atom stereocenters. The van der Waals surface area contributed by atoms with E-state index in [1.807, 2.05) is 27.7 Å². The number of ether oxygens (including phenoxy) is 1. The number of aryl methyl sites for hydroxylation is 3. The Morgan fingerprint density at radius 2 is 1.74 bits per heavy atom. The monoisotopic (exact) mass is 523 g/mol. The van der Waals surface area contributed by atoms with Crippen molar-refractivity contribution in [1.82, 2.24) is 14.9 Å². The highest BCUT2D eigenvalue weighted by Crippen LogP contribution is 2.36. The summed E-state index contributed by atoms with van der Waals surface area (Å²) in [7, 11) is 0. The van der Waals surface area contributed by atoms with Crippen LogP contribution in [-0.2, 0) is 28.2 Å². The molecule has 0 spiro atoms. The smallest absolute Gasteiger partial charge is 0.227 e. The van der Waals surface area contributed by atoms with Crippen LogP contribution in [0.2, 0.25) is 0 Å². The summed E-state index contributed by atoms with van der Waals surface area (Å²) >= 11 is 0. The summed E-state index contributed by atoms with van der Waals surface area (Å²) in [4.78, 5) is 23.6. The average Bonchev–Trinajstić information content (AvgIpc) is 2.89. The van der Waals surface area contributed by atoms with Crippen LogP contribution in [0.5, 0.6) is 0 Å². The maximum Gasteiger partial charge on any atom is 0.227 e. The number of amides is 1. The van der Waals surface area contributed by atoms with Crippen molar-refractivity contribution in [2.45, 2.75) is 65.1 Å². The maximum absolute atomic E-state index is 14.0. The number of aliphatic hydroxyl groups is 1. The van der Waals surface area contributed by atoms with E-state index in [2.05, 4.69) is 23.2 Å². The number of aromatic nitrogens is 2. The Bertz CT molecular complexity index is 1270. The molecule has 2 heterocycles. The van der Waals surface area contributed by atoms with Gasteiger partial charge in [-0.25, -0.2) is 18.7 Å². The molecule has 1 amide bonds. The van der Waals surface area contributed by atoms with Gasteiger partial charge in [0, 0.05) is 36.3 Å². The quantitative estimate of drug-likeness (QED) is 0.447. The van der Waals surface area contributed by atoms with Crippen molar-refractivity contribution in [3.8, 4) is 0 Å². The summed E-state index contributed by atoms with van der Waals surface area (Å²) in [6.07, 6.45) is 2.69. The molecular formula is C30H35F2N3O3. The second-order valence-corrected chi connectivity index (χ2v) is 10.4. The van der Waals surface area contributed by atoms with Gasteiger partial charge < -0.3 is 14.7 Å². The highest BCUT2D eigenvalue weighted by atomic mass is 19.1. The van der Waals surface area contributed by atoms with Crippen LogP contribution in [0.15, 0.2) is 42.6 Å². The molecule has 1 fully saturated rings. The molecule has 0 bridgehead atoms. The Kier molecular flexibility index (Phi) is 8.53. The number of nitrogens with zero attached hydrogens (tertiary/aromatic N) is 3. The largest absolute Gasteiger partial charge is 0.393 e. The van der Waals surface area contributed by atoms with E-state index in [1.165, 1.54) is 6.07 Å². The normalized spacial score (nSPS) is 15.9. The summed E-state index contributed by atoms with van der Waals surface area (Å²) in [6.45, 7) is 8.71. The third-order valence-electron chi connectivity index (χ3n) is 7.27. The van der Waals surface area contributed by atoms with Crippen LogP contribution in [0.25, 0.3) is 0 Å². The number of carbonyl (C=O) groups is 1. The summed E-state index contributed by atoms with van der Waals surface area (Å²) in [5.74, 6) is -1.08. The highest BCUT2D eigenvalue weighted by Gasteiger charge is 2.35. The first-order valence-electron chi connectivity index (χ1n) is 13.0. The zero-order valence-corrected chi connectivity index (χ0v) is 22.4. The second-order valence-electron chi connectivity index (χ2n) is 10.4. The number of rotatable bonds is 8. The number of benzene rings is 2. The van der Waals surface area contributed by atoms with Gasteiger partial charge in [0.2, 0.25) is 5.91 Å². The van der Waals surface area contributed by atoms with E-state index in [0.717, 1.165) is 40.1 Å². The van der Waals surface area contributed by atoms with Crippen LogP contribution in [-0.4, -0.2) is 45.6 Å². The molecule has 38 heavy (non-hydrogen) atoms. The molecule has 0 aliphatic carbocycles. The summed E-state index contributed by atoms with van der Waals surface area (Å²) in [5, 5.41) is 10.4. The molecule has 8 heteroatoms. The molecule has 3 aromatic rings. The molecule has 1 aromatic heterocycles. The van der Waals surface area contributed by atoms with E-state index in [-0.39, 0.29) is 30.4 Å². The van der Waals surface area contributed by atoms with Crippen LogP contribution >= 0.6 is 0 Å². The number of carbonyl (C=O) groups excluding carboxylic acids is 1. The molecule has 0 radical (unpaired) electrons. The van der Waals surface area contributed by atoms with Crippen molar-refractivity contribution in [2.75, 3.05) is 19.7 Å². The fraction of sp³-hybridized carbons (Fsp3) is 0.433. The lowest BCUT2D eigenvalue weighted by atomic mass is 9.85. The molecule has 1 saturated heterocycles. The van der Waals surface area contributed by atoms with Crippen LogP contribution < -0.4 is 0 Å². The highest BCUT2D eigenvalue weighted by molar-refractivity contribution is 5.79. The molecule has 1 aliphatic heterocycles. The van der Waals surface area contributed by atoms with Gasteiger partial charge in [-0.15, -0.1) is 0 Å². The summed E-state index contributed by atoms with van der Waals surface area (Å²) < 4.78 is 34.4. The average molecular weight is 524 g/mol. The Hall–Kier alpha value is -3.23. The lowest BCUT2D eigenvalue weighted by molar-refractivity contribution is -0.131. The van der Waals surface area contributed by atoms with Crippen LogP contribution in [0, 0.1) is 32.4 Å². The van der Waals surface area contributed by atoms with E-state index in [0.29, 0.717) is 38.4 Å². The first kappa shape index (κ1) is 27.8. The van der Waals surface area contributed by atoms with E-state index >= 15 is 0 Å². The number of aliphatic hydroxyl groups excluding tert-OH is 1. The van der Waals surface area contributed by atoms with Gasteiger partial charge in [0.05, 0.1) is 25.3 Å². The zero-order chi connectivity index (χ0) is 27.4. The minimum Gasteiger partial charge on any atom is -0.393 e. The second kappa shape index (κ2) is 11.7. The maximum atomic E-state index is 14.0. The number of hydrogen-bond donors (Lipinski definition) is 1. The minimum atomic E-state index is -1.02. The van der Waals surface area contributed by atoms with E-state index in [4.69, 9.17) is 9.72 Å². The number of likely N-dealkylation sites (tertiary alicyclic amines) is 1. The summed E-state index contributed by atoms with van der Waals surface area (Å²) in [5.41, 5.74) is 3.63.